The van der Waals surface area contributed by atoms with Gasteiger partial charge in [-0.15, -0.1) is 5.10 Å². The molecule has 4 rings (SSSR count). The second kappa shape index (κ2) is 20.4. The van der Waals surface area contributed by atoms with E-state index in [2.05, 4.69) is 34.8 Å². The quantitative estimate of drug-likeness (QED) is 0.168. The number of methoxy groups -OCH3 is 1. The highest BCUT2D eigenvalue weighted by atomic mass is 16.7. The predicted octanol–water partition coefficient (Wildman–Crippen LogP) is 3.45. The molecule has 1 aliphatic heterocycles. The first-order chi connectivity index (χ1) is 23.8. The molecule has 0 radical (unpaired) electrons. The summed E-state index contributed by atoms with van der Waals surface area (Å²) in [4.78, 5) is 23.8. The van der Waals surface area contributed by atoms with Gasteiger partial charge in [-0.05, 0) is 29.5 Å². The van der Waals surface area contributed by atoms with Crippen molar-refractivity contribution < 1.29 is 42.7 Å². The van der Waals surface area contributed by atoms with Gasteiger partial charge >= 0.3 is 6.09 Å². The van der Waals surface area contributed by atoms with Crippen LogP contribution in [-0.4, -0.2) is 105 Å². The molecule has 1 aromatic heterocycles. The molecule has 3 aromatic rings. The first-order valence-corrected chi connectivity index (χ1v) is 16.6. The van der Waals surface area contributed by atoms with E-state index in [4.69, 9.17) is 33.2 Å². The van der Waals surface area contributed by atoms with Crippen LogP contribution >= 0.6 is 0 Å². The van der Waals surface area contributed by atoms with Gasteiger partial charge in [-0.25, -0.2) is 9.48 Å². The molecule has 2 heterocycles. The zero-order chi connectivity index (χ0) is 34.8. The molecule has 2 aromatic carbocycles. The fourth-order valence-electron chi connectivity index (χ4n) is 5.33. The molecule has 14 nitrogen and oxygen atoms in total. The third kappa shape index (κ3) is 12.7. The molecule has 2 N–H and O–H groups in total. The molecule has 0 spiro atoms. The summed E-state index contributed by atoms with van der Waals surface area (Å²) in [5.41, 5.74) is 2.57. The Labute approximate surface area is 287 Å². The maximum Gasteiger partial charge on any atom is 0.407 e. The van der Waals surface area contributed by atoms with Crippen LogP contribution in [0.1, 0.15) is 26.3 Å². The fraction of sp³-hybridized carbons (Fsp3) is 0.543. The number of hydrogen-bond donors (Lipinski definition) is 2. The maximum absolute atomic E-state index is 12.0. The highest BCUT2D eigenvalue weighted by Gasteiger charge is 2.42. The van der Waals surface area contributed by atoms with Crippen LogP contribution in [0.3, 0.4) is 0 Å². The Hall–Kier alpha value is -4.08. The van der Waals surface area contributed by atoms with Crippen molar-refractivity contribution in [2.24, 2.45) is 11.8 Å². The lowest BCUT2D eigenvalue weighted by atomic mass is 9.82. The van der Waals surface area contributed by atoms with Gasteiger partial charge in [0.25, 0.3) is 0 Å². The number of hydrogen-bond acceptors (Lipinski definition) is 11. The number of aromatic nitrogens is 3. The molecule has 1 unspecified atom stereocenters. The molecular weight excluding hydrogens is 634 g/mol. The molecule has 0 bridgehead atoms. The van der Waals surface area contributed by atoms with Crippen LogP contribution in [0.5, 0.6) is 5.75 Å². The second-order valence-electron chi connectivity index (χ2n) is 11.7. The lowest BCUT2D eigenvalue weighted by molar-refractivity contribution is -0.242. The lowest BCUT2D eigenvalue weighted by Gasteiger charge is -2.44. The minimum absolute atomic E-state index is 0.0785. The molecule has 268 valence electrons. The Kier molecular flexibility index (Phi) is 15.7. The molecule has 1 saturated heterocycles. The summed E-state index contributed by atoms with van der Waals surface area (Å²) in [7, 11) is 1.63. The summed E-state index contributed by atoms with van der Waals surface area (Å²) in [6, 6.07) is 16.8. The topological polar surface area (TPSA) is 154 Å². The predicted molar refractivity (Wildman–Crippen MR) is 180 cm³/mol. The van der Waals surface area contributed by atoms with Gasteiger partial charge in [0.1, 0.15) is 18.1 Å². The van der Waals surface area contributed by atoms with Crippen LogP contribution in [0, 0.1) is 11.8 Å². The Morgan fingerprint density at radius 2 is 1.61 bits per heavy atom. The summed E-state index contributed by atoms with van der Waals surface area (Å²) in [6.07, 6.45) is 0.530. The minimum Gasteiger partial charge on any atom is -0.497 e. The summed E-state index contributed by atoms with van der Waals surface area (Å²) in [5, 5.41) is 14.3. The van der Waals surface area contributed by atoms with E-state index >= 15 is 0 Å². The zero-order valence-electron chi connectivity index (χ0n) is 28.7. The van der Waals surface area contributed by atoms with E-state index < -0.39 is 12.4 Å². The van der Waals surface area contributed by atoms with Crippen molar-refractivity contribution in [2.75, 3.05) is 59.9 Å². The second-order valence-corrected chi connectivity index (χ2v) is 11.7. The normalized spacial score (nSPS) is 20.4. The van der Waals surface area contributed by atoms with E-state index in [-0.39, 0.29) is 43.1 Å². The summed E-state index contributed by atoms with van der Waals surface area (Å²) >= 11 is 0. The number of nitrogens with zero attached hydrogens (tertiary/aromatic N) is 3. The van der Waals surface area contributed by atoms with Crippen LogP contribution in [-0.2, 0) is 46.4 Å². The van der Waals surface area contributed by atoms with Crippen molar-refractivity contribution in [3.8, 4) is 17.0 Å². The maximum atomic E-state index is 12.0. The van der Waals surface area contributed by atoms with Gasteiger partial charge < -0.3 is 43.8 Å². The van der Waals surface area contributed by atoms with Crippen molar-refractivity contribution in [1.82, 2.24) is 25.6 Å². The summed E-state index contributed by atoms with van der Waals surface area (Å²) < 4.78 is 41.5. The zero-order valence-corrected chi connectivity index (χ0v) is 28.7. The monoisotopic (exact) mass is 683 g/mol. The Morgan fingerprint density at radius 3 is 2.33 bits per heavy atom. The fourth-order valence-corrected chi connectivity index (χ4v) is 5.33. The van der Waals surface area contributed by atoms with Crippen molar-refractivity contribution >= 4 is 12.0 Å². The van der Waals surface area contributed by atoms with Gasteiger partial charge in [-0.1, -0.05) is 61.5 Å². The van der Waals surface area contributed by atoms with Gasteiger partial charge in [0.05, 0.1) is 78.2 Å². The van der Waals surface area contributed by atoms with Gasteiger partial charge in [0.15, 0.2) is 6.29 Å². The highest BCUT2D eigenvalue weighted by molar-refractivity contribution is 5.73. The van der Waals surface area contributed by atoms with Crippen molar-refractivity contribution in [2.45, 2.75) is 52.4 Å². The van der Waals surface area contributed by atoms with Crippen molar-refractivity contribution in [3.63, 3.8) is 0 Å². The Bertz CT molecular complexity index is 1410. The number of carbonyl (C=O) groups excluding carboxylic acids is 2. The lowest BCUT2D eigenvalue weighted by Crippen LogP contribution is -2.58. The number of rotatable bonds is 20. The molecule has 2 amide bonds. The Morgan fingerprint density at radius 1 is 0.898 bits per heavy atom. The highest BCUT2D eigenvalue weighted by Crippen LogP contribution is 2.32. The van der Waals surface area contributed by atoms with Gasteiger partial charge in [-0.3, -0.25) is 4.79 Å². The van der Waals surface area contributed by atoms with E-state index in [0.29, 0.717) is 52.7 Å². The molecule has 1 fully saturated rings. The smallest absolute Gasteiger partial charge is 0.407 e. The molecule has 0 saturated carbocycles. The number of alkyl carbamates (subject to hydrolysis) is 1. The largest absolute Gasteiger partial charge is 0.497 e. The van der Waals surface area contributed by atoms with Crippen LogP contribution < -0.4 is 15.4 Å². The van der Waals surface area contributed by atoms with E-state index in [0.717, 1.165) is 22.6 Å². The average molecular weight is 684 g/mol. The van der Waals surface area contributed by atoms with Gasteiger partial charge in [0, 0.05) is 19.0 Å². The molecule has 0 aliphatic carbocycles. The van der Waals surface area contributed by atoms with Crippen molar-refractivity contribution in [3.05, 3.63) is 66.4 Å². The Balaban J connectivity index is 1.09. The molecule has 14 heteroatoms. The third-order valence-electron chi connectivity index (χ3n) is 8.21. The molecule has 5 atom stereocenters. The van der Waals surface area contributed by atoms with Gasteiger partial charge in [-0.2, -0.15) is 0 Å². The summed E-state index contributed by atoms with van der Waals surface area (Å²) in [5.74, 6) is 0.789. The van der Waals surface area contributed by atoms with E-state index in [9.17, 15) is 9.59 Å². The number of ether oxygens (including phenoxy) is 7. The van der Waals surface area contributed by atoms with Crippen LogP contribution in [0.15, 0.2) is 60.8 Å². The first-order valence-electron chi connectivity index (χ1n) is 16.6. The van der Waals surface area contributed by atoms with E-state index in [1.54, 1.807) is 11.8 Å². The molecule has 1 aliphatic rings. The van der Waals surface area contributed by atoms with Crippen molar-refractivity contribution in [1.29, 1.82) is 0 Å². The average Bonchev–Trinajstić information content (AvgIpc) is 3.58. The SMILES string of the molecule is COc1cccc(-c2cn(C[C@H]3OC(OCCOCCOCCOCCNC(=O)OCc4ccccc4)[C@H](NC(C)=O)[C@@H](C)[C@H]3C)nn2)c1. The number of amides is 2. The number of nitrogens with one attached hydrogen (secondary N) is 2. The number of benzene rings is 2. The van der Waals surface area contributed by atoms with E-state index in [1.165, 1.54) is 6.92 Å². The molecule has 49 heavy (non-hydrogen) atoms. The standard InChI is InChI=1S/C35H49N5O9/c1-25-26(2)33(37-27(3)41)34(49-32(25)23-40-22-31(38-39-40)29-11-8-12-30(21-29)43-4)47-20-19-46-18-17-45-16-15-44-14-13-36-35(42)48-24-28-9-6-5-7-10-28/h5-12,21-22,25-26,32-34H,13-20,23-24H2,1-4H3,(H,36,42)(H,37,41)/t25-,26+,32-,33-,34?/m1/s1. The summed E-state index contributed by atoms with van der Waals surface area (Å²) in [6.45, 7) is 9.27. The van der Waals surface area contributed by atoms with Gasteiger partial charge in [0.2, 0.25) is 5.91 Å². The third-order valence-corrected chi connectivity index (χ3v) is 8.21. The first kappa shape index (κ1) is 37.7. The number of carbonyl (C=O) groups is 2. The molecular formula is C35H49N5O9. The van der Waals surface area contributed by atoms with E-state index in [1.807, 2.05) is 60.8 Å². The van der Waals surface area contributed by atoms with Crippen LogP contribution in [0.2, 0.25) is 0 Å². The van der Waals surface area contributed by atoms with Crippen LogP contribution in [0.25, 0.3) is 11.3 Å². The van der Waals surface area contributed by atoms with Crippen LogP contribution in [0.4, 0.5) is 4.79 Å². The minimum atomic E-state index is -0.654.